The number of carboxylic acids is 1. The van der Waals surface area contributed by atoms with Gasteiger partial charge in [-0.15, -0.1) is 11.3 Å². The average Bonchev–Trinajstić information content (AvgIpc) is 2.91. The van der Waals surface area contributed by atoms with Crippen molar-refractivity contribution in [3.8, 4) is 22.8 Å². The number of hydrogen-bond acceptors (Lipinski definition) is 5. The van der Waals surface area contributed by atoms with Crippen molar-refractivity contribution >= 4 is 17.3 Å². The second-order valence-electron chi connectivity index (χ2n) is 4.05. The molecule has 0 bridgehead atoms. The van der Waals surface area contributed by atoms with E-state index < -0.39 is 5.97 Å². The maximum atomic E-state index is 11.3. The molecule has 1 aromatic heterocycles. The second-order valence-corrected chi connectivity index (χ2v) is 5.13. The number of aromatic nitrogens is 1. The Bertz CT molecular complexity index is 614. The van der Waals surface area contributed by atoms with E-state index in [0.29, 0.717) is 29.2 Å². The highest BCUT2D eigenvalue weighted by atomic mass is 32.1. The molecule has 0 unspecified atom stereocenters. The van der Waals surface area contributed by atoms with E-state index in [-0.39, 0.29) is 4.88 Å². The first kappa shape index (κ1) is 14.3. The molecule has 2 rings (SSSR count). The fourth-order valence-electron chi connectivity index (χ4n) is 1.80. The van der Waals surface area contributed by atoms with Crippen LogP contribution >= 0.6 is 11.3 Å². The van der Waals surface area contributed by atoms with Crippen molar-refractivity contribution in [3.63, 3.8) is 0 Å². The molecule has 20 heavy (non-hydrogen) atoms. The molecule has 106 valence electrons. The number of carbonyl (C=O) groups is 1. The normalized spacial score (nSPS) is 10.3. The molecule has 1 aromatic carbocycles. The third-order valence-corrected chi connectivity index (χ3v) is 3.98. The second kappa shape index (κ2) is 5.92. The van der Waals surface area contributed by atoms with E-state index >= 15 is 0 Å². The Kier molecular flexibility index (Phi) is 4.24. The summed E-state index contributed by atoms with van der Waals surface area (Å²) in [6.07, 6.45) is 0.700. The summed E-state index contributed by atoms with van der Waals surface area (Å²) in [7, 11) is 3.10. The SMILES string of the molecule is CCc1nc(-c2cc(OC)cc(OC)c2)c(C(=O)O)s1. The lowest BCUT2D eigenvalue weighted by atomic mass is 10.1. The molecule has 6 heteroatoms. The smallest absolute Gasteiger partial charge is 0.348 e. The highest BCUT2D eigenvalue weighted by Crippen LogP contribution is 2.33. The Morgan fingerprint density at radius 1 is 1.25 bits per heavy atom. The summed E-state index contributed by atoms with van der Waals surface area (Å²) in [5.74, 6) is 0.225. The zero-order valence-electron chi connectivity index (χ0n) is 11.5. The molecule has 0 radical (unpaired) electrons. The van der Waals surface area contributed by atoms with Gasteiger partial charge in [0.15, 0.2) is 0 Å². The number of carboxylic acid groups (broad SMARTS) is 1. The van der Waals surface area contributed by atoms with Crippen LogP contribution < -0.4 is 9.47 Å². The van der Waals surface area contributed by atoms with Gasteiger partial charge in [-0.3, -0.25) is 0 Å². The number of benzene rings is 1. The standard InChI is InChI=1S/C14H15NO4S/c1-4-11-15-12(13(20-11)14(16)17)8-5-9(18-2)7-10(6-8)19-3/h5-7H,4H2,1-3H3,(H,16,17). The molecule has 0 saturated carbocycles. The van der Waals surface area contributed by atoms with Gasteiger partial charge in [-0.1, -0.05) is 6.92 Å². The molecule has 0 aliphatic carbocycles. The number of aryl methyl sites for hydroxylation is 1. The highest BCUT2D eigenvalue weighted by molar-refractivity contribution is 7.14. The molecule has 0 saturated heterocycles. The largest absolute Gasteiger partial charge is 0.497 e. The Balaban J connectivity index is 2.60. The summed E-state index contributed by atoms with van der Waals surface area (Å²) >= 11 is 1.20. The van der Waals surface area contributed by atoms with Crippen LogP contribution in [-0.2, 0) is 6.42 Å². The first-order valence-electron chi connectivity index (χ1n) is 6.05. The van der Waals surface area contributed by atoms with E-state index in [4.69, 9.17) is 9.47 Å². The van der Waals surface area contributed by atoms with Gasteiger partial charge in [-0.25, -0.2) is 9.78 Å². The molecule has 0 spiro atoms. The van der Waals surface area contributed by atoms with Crippen LogP contribution in [0.3, 0.4) is 0 Å². The minimum absolute atomic E-state index is 0.233. The van der Waals surface area contributed by atoms with E-state index in [9.17, 15) is 9.90 Å². The van der Waals surface area contributed by atoms with Crippen molar-refractivity contribution < 1.29 is 19.4 Å². The molecule has 0 aliphatic rings. The number of aromatic carboxylic acids is 1. The van der Waals surface area contributed by atoms with Crippen molar-refractivity contribution in [2.75, 3.05) is 14.2 Å². The molecule has 2 aromatic rings. The third-order valence-electron chi connectivity index (χ3n) is 2.79. The molecular formula is C14H15NO4S. The van der Waals surface area contributed by atoms with E-state index in [1.54, 1.807) is 32.4 Å². The molecule has 0 amide bonds. The van der Waals surface area contributed by atoms with Crippen LogP contribution in [0.15, 0.2) is 18.2 Å². The number of hydrogen-bond donors (Lipinski definition) is 1. The lowest BCUT2D eigenvalue weighted by molar-refractivity contribution is 0.0702. The van der Waals surface area contributed by atoms with Crippen molar-refractivity contribution in [2.45, 2.75) is 13.3 Å². The van der Waals surface area contributed by atoms with Crippen LogP contribution in [-0.4, -0.2) is 30.3 Å². The molecule has 0 aliphatic heterocycles. The Morgan fingerprint density at radius 2 is 1.85 bits per heavy atom. The van der Waals surface area contributed by atoms with Crippen LogP contribution in [0.1, 0.15) is 21.6 Å². The monoisotopic (exact) mass is 293 g/mol. The summed E-state index contributed by atoms with van der Waals surface area (Å²) in [4.78, 5) is 16.0. The van der Waals surface area contributed by atoms with Gasteiger partial charge < -0.3 is 14.6 Å². The Hall–Kier alpha value is -2.08. The number of thiazole rings is 1. The minimum atomic E-state index is -0.973. The Morgan fingerprint density at radius 3 is 2.30 bits per heavy atom. The maximum Gasteiger partial charge on any atom is 0.348 e. The van der Waals surface area contributed by atoms with Gasteiger partial charge in [0, 0.05) is 11.6 Å². The molecular weight excluding hydrogens is 278 g/mol. The predicted molar refractivity (Wildman–Crippen MR) is 77.0 cm³/mol. The molecule has 0 fully saturated rings. The van der Waals surface area contributed by atoms with Crippen LogP contribution in [0.25, 0.3) is 11.3 Å². The van der Waals surface area contributed by atoms with Crippen molar-refractivity contribution in [3.05, 3.63) is 28.1 Å². The zero-order valence-corrected chi connectivity index (χ0v) is 12.3. The van der Waals surface area contributed by atoms with Crippen molar-refractivity contribution in [1.29, 1.82) is 0 Å². The van der Waals surface area contributed by atoms with Crippen LogP contribution in [0.5, 0.6) is 11.5 Å². The molecule has 1 heterocycles. The first-order valence-corrected chi connectivity index (χ1v) is 6.87. The van der Waals surface area contributed by atoms with Gasteiger partial charge in [0.1, 0.15) is 16.4 Å². The number of nitrogens with zero attached hydrogens (tertiary/aromatic N) is 1. The Labute approximate surface area is 120 Å². The van der Waals surface area contributed by atoms with Gasteiger partial charge in [-0.05, 0) is 18.6 Å². The average molecular weight is 293 g/mol. The highest BCUT2D eigenvalue weighted by Gasteiger charge is 2.19. The summed E-state index contributed by atoms with van der Waals surface area (Å²) in [5, 5.41) is 10.1. The fourth-order valence-corrected chi connectivity index (χ4v) is 2.66. The summed E-state index contributed by atoms with van der Waals surface area (Å²) in [6, 6.07) is 5.24. The van der Waals surface area contributed by atoms with E-state index in [2.05, 4.69) is 4.98 Å². The molecule has 1 N–H and O–H groups in total. The van der Waals surface area contributed by atoms with Gasteiger partial charge >= 0.3 is 5.97 Å². The predicted octanol–water partition coefficient (Wildman–Crippen LogP) is 3.09. The summed E-state index contributed by atoms with van der Waals surface area (Å²) in [5.41, 5.74) is 1.13. The summed E-state index contributed by atoms with van der Waals surface area (Å²) < 4.78 is 10.4. The van der Waals surface area contributed by atoms with Crippen LogP contribution in [0, 0.1) is 0 Å². The summed E-state index contributed by atoms with van der Waals surface area (Å²) in [6.45, 7) is 1.94. The number of ether oxygens (including phenoxy) is 2. The zero-order chi connectivity index (χ0) is 14.7. The van der Waals surface area contributed by atoms with Crippen LogP contribution in [0.2, 0.25) is 0 Å². The van der Waals surface area contributed by atoms with Gasteiger partial charge in [-0.2, -0.15) is 0 Å². The molecule has 5 nitrogen and oxygen atoms in total. The van der Waals surface area contributed by atoms with Gasteiger partial charge in [0.2, 0.25) is 0 Å². The van der Waals surface area contributed by atoms with Crippen molar-refractivity contribution in [1.82, 2.24) is 4.98 Å². The van der Waals surface area contributed by atoms with Crippen LogP contribution in [0.4, 0.5) is 0 Å². The van der Waals surface area contributed by atoms with Gasteiger partial charge in [0.25, 0.3) is 0 Å². The molecule has 0 atom stereocenters. The topological polar surface area (TPSA) is 68.7 Å². The van der Waals surface area contributed by atoms with Gasteiger partial charge in [0.05, 0.1) is 24.9 Å². The fraction of sp³-hybridized carbons (Fsp3) is 0.286. The number of methoxy groups -OCH3 is 2. The maximum absolute atomic E-state index is 11.3. The lowest BCUT2D eigenvalue weighted by Gasteiger charge is -2.07. The minimum Gasteiger partial charge on any atom is -0.497 e. The number of rotatable bonds is 5. The van der Waals surface area contributed by atoms with E-state index in [1.165, 1.54) is 11.3 Å². The van der Waals surface area contributed by atoms with E-state index in [1.807, 2.05) is 6.92 Å². The van der Waals surface area contributed by atoms with Crippen molar-refractivity contribution in [2.24, 2.45) is 0 Å². The quantitative estimate of drug-likeness (QED) is 0.917. The third kappa shape index (κ3) is 2.75. The first-order chi connectivity index (χ1) is 9.58. The lowest BCUT2D eigenvalue weighted by Crippen LogP contribution is -1.96. The van der Waals surface area contributed by atoms with E-state index in [0.717, 1.165) is 5.01 Å².